The Morgan fingerprint density at radius 3 is 2.43 bits per heavy atom. The van der Waals surface area contributed by atoms with Gasteiger partial charge in [0.05, 0.1) is 16.6 Å². The number of carbonyl (C=O) groups excluding carboxylic acids is 1. The van der Waals surface area contributed by atoms with E-state index in [4.69, 9.17) is 23.2 Å². The first-order chi connectivity index (χ1) is 10.1. The van der Waals surface area contributed by atoms with Crippen LogP contribution < -0.4 is 5.56 Å². The average molecular weight is 318 g/mol. The Labute approximate surface area is 130 Å². The molecular formula is C16H9Cl2NO2. The molecule has 1 heterocycles. The molecule has 104 valence electrons. The molecule has 0 bridgehead atoms. The number of carbonyl (C=O) groups is 1. The van der Waals surface area contributed by atoms with Crippen molar-refractivity contribution in [2.24, 2.45) is 0 Å². The number of fused-ring (bicyclic) bond motifs is 1. The van der Waals surface area contributed by atoms with Crippen molar-refractivity contribution in [3.8, 4) is 11.1 Å². The Bertz CT molecular complexity index is 901. The minimum Gasteiger partial charge on any atom is -0.321 e. The van der Waals surface area contributed by atoms with E-state index in [0.717, 1.165) is 0 Å². The minimum atomic E-state index is -0.674. The van der Waals surface area contributed by atoms with Crippen molar-refractivity contribution in [2.75, 3.05) is 0 Å². The van der Waals surface area contributed by atoms with Crippen LogP contribution in [0.2, 0.25) is 5.02 Å². The van der Waals surface area contributed by atoms with E-state index in [1.54, 1.807) is 42.5 Å². The molecule has 1 N–H and O–H groups in total. The molecule has 2 aromatic carbocycles. The van der Waals surface area contributed by atoms with Crippen LogP contribution in [-0.2, 0) is 0 Å². The summed E-state index contributed by atoms with van der Waals surface area (Å²) >= 11 is 11.6. The van der Waals surface area contributed by atoms with Gasteiger partial charge in [0, 0.05) is 10.4 Å². The zero-order valence-electron chi connectivity index (χ0n) is 10.7. The normalized spacial score (nSPS) is 10.8. The van der Waals surface area contributed by atoms with E-state index in [1.807, 2.05) is 6.07 Å². The molecule has 0 spiro atoms. The molecule has 0 saturated carbocycles. The first-order valence-electron chi connectivity index (χ1n) is 6.18. The maximum Gasteiger partial charge on any atom is 0.257 e. The van der Waals surface area contributed by atoms with Gasteiger partial charge >= 0.3 is 0 Å². The van der Waals surface area contributed by atoms with Crippen molar-refractivity contribution < 1.29 is 4.79 Å². The van der Waals surface area contributed by atoms with Crippen LogP contribution in [-0.4, -0.2) is 10.2 Å². The van der Waals surface area contributed by atoms with Crippen LogP contribution in [0, 0.1) is 0 Å². The summed E-state index contributed by atoms with van der Waals surface area (Å²) in [6.45, 7) is 0. The van der Waals surface area contributed by atoms with Crippen LogP contribution in [0.1, 0.15) is 10.4 Å². The summed E-state index contributed by atoms with van der Waals surface area (Å²) in [6.07, 6.45) is 0. The Hall–Kier alpha value is -2.10. The molecule has 1 aromatic heterocycles. The maximum atomic E-state index is 12.4. The highest BCUT2D eigenvalue weighted by Gasteiger charge is 2.19. The quantitative estimate of drug-likeness (QED) is 0.719. The van der Waals surface area contributed by atoms with Crippen LogP contribution in [0.3, 0.4) is 0 Å². The molecule has 0 unspecified atom stereocenters. The van der Waals surface area contributed by atoms with Gasteiger partial charge in [-0.25, -0.2) is 0 Å². The lowest BCUT2D eigenvalue weighted by Crippen LogP contribution is -2.14. The van der Waals surface area contributed by atoms with E-state index in [-0.39, 0.29) is 16.7 Å². The number of pyridine rings is 1. The summed E-state index contributed by atoms with van der Waals surface area (Å²) in [5.74, 6) is 0. The Morgan fingerprint density at radius 2 is 1.76 bits per heavy atom. The smallest absolute Gasteiger partial charge is 0.257 e. The van der Waals surface area contributed by atoms with Gasteiger partial charge in [0.25, 0.3) is 10.8 Å². The van der Waals surface area contributed by atoms with Crippen molar-refractivity contribution in [1.29, 1.82) is 0 Å². The first-order valence-corrected chi connectivity index (χ1v) is 6.94. The highest BCUT2D eigenvalue weighted by molar-refractivity contribution is 6.69. The molecule has 3 rings (SSSR count). The van der Waals surface area contributed by atoms with Gasteiger partial charge in [0.15, 0.2) is 0 Å². The molecule has 0 saturated heterocycles. The number of rotatable bonds is 2. The second-order valence-electron chi connectivity index (χ2n) is 4.53. The Morgan fingerprint density at radius 1 is 1.05 bits per heavy atom. The first kappa shape index (κ1) is 13.9. The number of hydrogen-bond acceptors (Lipinski definition) is 2. The summed E-state index contributed by atoms with van der Waals surface area (Å²) in [5.41, 5.74) is 1.21. The fourth-order valence-electron chi connectivity index (χ4n) is 2.36. The number of aromatic amines is 1. The lowest BCUT2D eigenvalue weighted by molar-refractivity contribution is 0.108. The monoisotopic (exact) mass is 317 g/mol. The van der Waals surface area contributed by atoms with Crippen molar-refractivity contribution in [3.63, 3.8) is 0 Å². The van der Waals surface area contributed by atoms with Gasteiger partial charge in [0.2, 0.25) is 0 Å². The van der Waals surface area contributed by atoms with Gasteiger partial charge in [-0.15, -0.1) is 0 Å². The van der Waals surface area contributed by atoms with E-state index in [9.17, 15) is 9.59 Å². The van der Waals surface area contributed by atoms with E-state index in [1.165, 1.54) is 0 Å². The molecule has 5 heteroatoms. The zero-order chi connectivity index (χ0) is 15.0. The Kier molecular flexibility index (Phi) is 3.53. The van der Waals surface area contributed by atoms with Gasteiger partial charge in [-0.1, -0.05) is 48.0 Å². The molecule has 3 nitrogen and oxygen atoms in total. The number of aromatic nitrogens is 1. The van der Waals surface area contributed by atoms with Crippen molar-refractivity contribution in [2.45, 2.75) is 0 Å². The summed E-state index contributed by atoms with van der Waals surface area (Å²) in [5, 5.41) is 0.365. The summed E-state index contributed by atoms with van der Waals surface area (Å²) < 4.78 is 0. The fraction of sp³-hybridized carbons (Fsp3) is 0. The third kappa shape index (κ3) is 2.46. The summed E-state index contributed by atoms with van der Waals surface area (Å²) in [6, 6.07) is 13.9. The van der Waals surface area contributed by atoms with Crippen LogP contribution >= 0.6 is 23.2 Å². The zero-order valence-corrected chi connectivity index (χ0v) is 12.2. The molecule has 0 aliphatic rings. The second-order valence-corrected chi connectivity index (χ2v) is 5.31. The lowest BCUT2D eigenvalue weighted by Gasteiger charge is -2.09. The molecule has 0 radical (unpaired) electrons. The van der Waals surface area contributed by atoms with Crippen LogP contribution in [0.25, 0.3) is 22.0 Å². The number of nitrogens with one attached hydrogen (secondary N) is 1. The molecule has 0 fully saturated rings. The molecular weight excluding hydrogens is 309 g/mol. The van der Waals surface area contributed by atoms with Crippen molar-refractivity contribution >= 4 is 39.3 Å². The molecule has 3 aromatic rings. The summed E-state index contributed by atoms with van der Waals surface area (Å²) in [4.78, 5) is 27.0. The third-order valence-electron chi connectivity index (χ3n) is 3.24. The van der Waals surface area contributed by atoms with E-state index < -0.39 is 5.24 Å². The molecule has 0 atom stereocenters. The highest BCUT2D eigenvalue weighted by atomic mass is 35.5. The second kappa shape index (κ2) is 5.35. The molecule has 0 aliphatic heterocycles. The number of benzene rings is 2. The highest BCUT2D eigenvalue weighted by Crippen LogP contribution is 2.28. The van der Waals surface area contributed by atoms with Gasteiger partial charge in [-0.2, -0.15) is 0 Å². The lowest BCUT2D eigenvalue weighted by atomic mass is 9.98. The fourth-order valence-corrected chi connectivity index (χ4v) is 2.72. The van der Waals surface area contributed by atoms with E-state index in [2.05, 4.69) is 4.98 Å². The van der Waals surface area contributed by atoms with Crippen molar-refractivity contribution in [1.82, 2.24) is 4.98 Å². The molecule has 0 aliphatic carbocycles. The van der Waals surface area contributed by atoms with Crippen LogP contribution in [0.15, 0.2) is 53.3 Å². The topological polar surface area (TPSA) is 49.9 Å². The van der Waals surface area contributed by atoms with E-state index >= 15 is 0 Å². The van der Waals surface area contributed by atoms with Gasteiger partial charge in [0.1, 0.15) is 0 Å². The number of H-pyrrole nitrogens is 1. The predicted molar refractivity (Wildman–Crippen MR) is 85.2 cm³/mol. The van der Waals surface area contributed by atoms with Gasteiger partial charge in [-0.3, -0.25) is 9.59 Å². The third-order valence-corrected chi connectivity index (χ3v) is 3.66. The SMILES string of the molecule is O=C(Cl)c1c(-c2ccccc2)c(=O)[nH]c2cc(Cl)ccc12. The van der Waals surface area contributed by atoms with Gasteiger partial charge in [-0.05, 0) is 29.3 Å². The average Bonchev–Trinajstić information content (AvgIpc) is 2.46. The molecule has 21 heavy (non-hydrogen) atoms. The van der Waals surface area contributed by atoms with Crippen LogP contribution in [0.5, 0.6) is 0 Å². The van der Waals surface area contributed by atoms with Crippen molar-refractivity contribution in [3.05, 3.63) is 69.5 Å². The predicted octanol–water partition coefficient (Wildman–Crippen LogP) is 4.23. The molecule has 0 amide bonds. The number of halogens is 2. The largest absolute Gasteiger partial charge is 0.321 e. The minimum absolute atomic E-state index is 0.193. The van der Waals surface area contributed by atoms with Crippen LogP contribution in [0.4, 0.5) is 0 Å². The van der Waals surface area contributed by atoms with Gasteiger partial charge < -0.3 is 4.98 Å². The maximum absolute atomic E-state index is 12.4. The summed E-state index contributed by atoms with van der Waals surface area (Å²) in [7, 11) is 0. The Balaban J connectivity index is 2.48. The van der Waals surface area contributed by atoms with E-state index in [0.29, 0.717) is 21.5 Å². The number of hydrogen-bond donors (Lipinski definition) is 1. The standard InChI is InChI=1S/C16H9Cl2NO2/c17-10-6-7-11-12(8-10)19-16(21)13(14(11)15(18)20)9-4-2-1-3-5-9/h1-8H,(H,19,21).